The molecule has 0 aromatic heterocycles. The Labute approximate surface area is 116 Å². The highest BCUT2D eigenvalue weighted by Gasteiger charge is 2.45. The molecule has 106 valence electrons. The van der Waals surface area contributed by atoms with Crippen LogP contribution in [-0.2, 0) is 14.3 Å². The number of carboxylic acids is 1. The van der Waals surface area contributed by atoms with Crippen LogP contribution in [0.4, 0.5) is 5.69 Å². The summed E-state index contributed by atoms with van der Waals surface area (Å²) in [6.07, 6.45) is 0.301. The van der Waals surface area contributed by atoms with Crippen molar-refractivity contribution in [2.24, 2.45) is 0 Å². The number of ether oxygens (including phenoxy) is 1. The SMILES string of the molecule is O=C(NC1(C(=O)O)CCOC1)C1CNc2ccccc21. The van der Waals surface area contributed by atoms with Crippen LogP contribution in [0.15, 0.2) is 24.3 Å². The number of para-hydroxylation sites is 1. The molecule has 1 aromatic carbocycles. The molecule has 6 nitrogen and oxygen atoms in total. The molecule has 2 aliphatic rings. The molecule has 0 radical (unpaired) electrons. The lowest BCUT2D eigenvalue weighted by Crippen LogP contribution is -2.56. The van der Waals surface area contributed by atoms with Gasteiger partial charge in [0, 0.05) is 25.3 Å². The van der Waals surface area contributed by atoms with Gasteiger partial charge in [0.25, 0.3) is 0 Å². The van der Waals surface area contributed by atoms with Gasteiger partial charge in [0.05, 0.1) is 12.5 Å². The first kappa shape index (κ1) is 12.9. The molecule has 0 bridgehead atoms. The Kier molecular flexibility index (Phi) is 3.10. The average Bonchev–Trinajstić information content (AvgIpc) is 3.05. The second-order valence-corrected chi connectivity index (χ2v) is 5.20. The summed E-state index contributed by atoms with van der Waals surface area (Å²) in [6, 6.07) is 7.57. The molecule has 2 unspecified atom stereocenters. The van der Waals surface area contributed by atoms with Gasteiger partial charge in [0.2, 0.25) is 5.91 Å². The summed E-state index contributed by atoms with van der Waals surface area (Å²) in [5.41, 5.74) is 0.554. The van der Waals surface area contributed by atoms with Gasteiger partial charge in [0.15, 0.2) is 5.54 Å². The highest BCUT2D eigenvalue weighted by Crippen LogP contribution is 2.32. The van der Waals surface area contributed by atoms with Crippen LogP contribution in [0.1, 0.15) is 17.9 Å². The lowest BCUT2D eigenvalue weighted by atomic mass is 9.95. The van der Waals surface area contributed by atoms with Crippen molar-refractivity contribution in [3.05, 3.63) is 29.8 Å². The van der Waals surface area contributed by atoms with Crippen molar-refractivity contribution in [3.63, 3.8) is 0 Å². The third-order valence-corrected chi connectivity index (χ3v) is 3.94. The van der Waals surface area contributed by atoms with Crippen molar-refractivity contribution in [2.75, 3.05) is 25.1 Å². The lowest BCUT2D eigenvalue weighted by molar-refractivity contribution is -0.147. The summed E-state index contributed by atoms with van der Waals surface area (Å²) in [5, 5.41) is 15.2. The molecule has 0 spiro atoms. The van der Waals surface area contributed by atoms with E-state index in [1.165, 1.54) is 0 Å². The van der Waals surface area contributed by atoms with Crippen molar-refractivity contribution in [2.45, 2.75) is 17.9 Å². The van der Waals surface area contributed by atoms with Crippen molar-refractivity contribution in [3.8, 4) is 0 Å². The first-order chi connectivity index (χ1) is 9.62. The van der Waals surface area contributed by atoms with Crippen molar-refractivity contribution >= 4 is 17.6 Å². The number of anilines is 1. The van der Waals surface area contributed by atoms with E-state index in [1.807, 2.05) is 24.3 Å². The number of amides is 1. The molecule has 2 aliphatic heterocycles. The Morgan fingerprint density at radius 2 is 2.20 bits per heavy atom. The number of carbonyl (C=O) groups is 2. The minimum absolute atomic E-state index is 0.0237. The van der Waals surface area contributed by atoms with Crippen LogP contribution >= 0.6 is 0 Å². The van der Waals surface area contributed by atoms with E-state index in [0.29, 0.717) is 19.6 Å². The Bertz CT molecular complexity index is 552. The third kappa shape index (κ3) is 2.02. The number of carbonyl (C=O) groups excluding carboxylic acids is 1. The van der Waals surface area contributed by atoms with E-state index >= 15 is 0 Å². The Morgan fingerprint density at radius 3 is 2.90 bits per heavy atom. The van der Waals surface area contributed by atoms with Crippen molar-refractivity contribution < 1.29 is 19.4 Å². The van der Waals surface area contributed by atoms with E-state index in [4.69, 9.17) is 4.74 Å². The van der Waals surface area contributed by atoms with Crippen molar-refractivity contribution in [1.29, 1.82) is 0 Å². The molecule has 2 atom stereocenters. The highest BCUT2D eigenvalue weighted by atomic mass is 16.5. The molecule has 1 saturated heterocycles. The number of fused-ring (bicyclic) bond motifs is 1. The number of aliphatic carboxylic acids is 1. The summed E-state index contributed by atoms with van der Waals surface area (Å²) in [7, 11) is 0. The third-order valence-electron chi connectivity index (χ3n) is 3.94. The van der Waals surface area contributed by atoms with E-state index < -0.39 is 11.5 Å². The van der Waals surface area contributed by atoms with Crippen LogP contribution in [0, 0.1) is 0 Å². The summed E-state index contributed by atoms with van der Waals surface area (Å²) in [5.74, 6) is -1.67. The Hall–Kier alpha value is -2.08. The predicted molar refractivity (Wildman–Crippen MR) is 71.6 cm³/mol. The zero-order valence-corrected chi connectivity index (χ0v) is 10.9. The maximum atomic E-state index is 12.4. The normalized spacial score (nSPS) is 27.7. The molecule has 1 aromatic rings. The summed E-state index contributed by atoms with van der Waals surface area (Å²) in [6.45, 7) is 0.865. The Morgan fingerprint density at radius 1 is 1.40 bits per heavy atom. The average molecular weight is 276 g/mol. The van der Waals surface area contributed by atoms with E-state index in [0.717, 1.165) is 11.3 Å². The number of nitrogens with one attached hydrogen (secondary N) is 2. The Balaban J connectivity index is 1.79. The van der Waals surface area contributed by atoms with Crippen LogP contribution in [0.5, 0.6) is 0 Å². The van der Waals surface area contributed by atoms with E-state index in [1.54, 1.807) is 0 Å². The molecule has 20 heavy (non-hydrogen) atoms. The van der Waals surface area contributed by atoms with Crippen LogP contribution in [0.25, 0.3) is 0 Å². The smallest absolute Gasteiger partial charge is 0.331 e. The van der Waals surface area contributed by atoms with Gasteiger partial charge >= 0.3 is 5.97 Å². The van der Waals surface area contributed by atoms with E-state index in [2.05, 4.69) is 10.6 Å². The van der Waals surface area contributed by atoms with Gasteiger partial charge in [-0.2, -0.15) is 0 Å². The highest BCUT2D eigenvalue weighted by molar-refractivity contribution is 5.93. The molecular weight excluding hydrogens is 260 g/mol. The first-order valence-corrected chi connectivity index (χ1v) is 6.58. The van der Waals surface area contributed by atoms with Crippen LogP contribution < -0.4 is 10.6 Å². The summed E-state index contributed by atoms with van der Waals surface area (Å²) >= 11 is 0. The minimum atomic E-state index is -1.28. The topological polar surface area (TPSA) is 87.7 Å². The molecular formula is C14H16N2O4. The summed E-state index contributed by atoms with van der Waals surface area (Å²) < 4.78 is 5.14. The van der Waals surface area contributed by atoms with Gasteiger partial charge in [0.1, 0.15) is 0 Å². The molecule has 1 fully saturated rings. The molecule has 3 N–H and O–H groups in total. The predicted octanol–water partition coefficient (Wildman–Crippen LogP) is 0.556. The second-order valence-electron chi connectivity index (χ2n) is 5.20. The molecule has 6 heteroatoms. The lowest BCUT2D eigenvalue weighted by Gasteiger charge is -2.25. The number of hydrogen-bond acceptors (Lipinski definition) is 4. The largest absolute Gasteiger partial charge is 0.479 e. The zero-order chi connectivity index (χ0) is 14.2. The second kappa shape index (κ2) is 4.79. The van der Waals surface area contributed by atoms with Crippen LogP contribution in [-0.4, -0.2) is 42.3 Å². The first-order valence-electron chi connectivity index (χ1n) is 6.58. The fourth-order valence-corrected chi connectivity index (χ4v) is 2.73. The van der Waals surface area contributed by atoms with Crippen molar-refractivity contribution in [1.82, 2.24) is 5.32 Å². The van der Waals surface area contributed by atoms with Gasteiger partial charge < -0.3 is 20.5 Å². The standard InChI is InChI=1S/C14H16N2O4/c17-12(16-14(13(18)19)5-6-20-8-14)10-7-15-11-4-2-1-3-9(10)11/h1-4,10,15H,5-8H2,(H,16,17)(H,18,19). The van der Waals surface area contributed by atoms with Gasteiger partial charge in [-0.05, 0) is 11.6 Å². The number of rotatable bonds is 3. The fraction of sp³-hybridized carbons (Fsp3) is 0.429. The molecule has 0 saturated carbocycles. The molecule has 2 heterocycles. The number of carboxylic acid groups (broad SMARTS) is 1. The molecule has 3 rings (SSSR count). The van der Waals surface area contributed by atoms with Gasteiger partial charge in [-0.3, -0.25) is 4.79 Å². The van der Waals surface area contributed by atoms with E-state index in [9.17, 15) is 14.7 Å². The van der Waals surface area contributed by atoms with Gasteiger partial charge in [-0.25, -0.2) is 4.79 Å². The number of benzene rings is 1. The zero-order valence-electron chi connectivity index (χ0n) is 10.9. The maximum Gasteiger partial charge on any atom is 0.331 e. The minimum Gasteiger partial charge on any atom is -0.479 e. The molecule has 1 amide bonds. The quantitative estimate of drug-likeness (QED) is 0.750. The monoisotopic (exact) mass is 276 g/mol. The fourth-order valence-electron chi connectivity index (χ4n) is 2.73. The van der Waals surface area contributed by atoms with Gasteiger partial charge in [-0.15, -0.1) is 0 Å². The summed E-state index contributed by atoms with van der Waals surface area (Å²) in [4.78, 5) is 23.8. The molecule has 0 aliphatic carbocycles. The van der Waals surface area contributed by atoms with E-state index in [-0.39, 0.29) is 18.4 Å². The number of hydrogen-bond donors (Lipinski definition) is 3. The van der Waals surface area contributed by atoms with Crippen LogP contribution in [0.3, 0.4) is 0 Å². The van der Waals surface area contributed by atoms with Crippen LogP contribution in [0.2, 0.25) is 0 Å². The van der Waals surface area contributed by atoms with Gasteiger partial charge in [-0.1, -0.05) is 18.2 Å². The maximum absolute atomic E-state index is 12.4.